The molecule has 0 spiro atoms. The molecule has 2 heterocycles. The van der Waals surface area contributed by atoms with Crippen LogP contribution in [0.15, 0.2) is 30.5 Å². The Balaban J connectivity index is 1.99. The molecule has 2 atom stereocenters. The molecular formula is C26H23F2NO7. The number of aromatic nitrogens is 1. The Hall–Kier alpha value is -4.05. The molecule has 0 radical (unpaired) electrons. The average molecular weight is 499 g/mol. The summed E-state index contributed by atoms with van der Waals surface area (Å²) in [4.78, 5) is 28.8. The SMILES string of the molecule is COC(=O)CC(c1ccc(F)c(F)c1)c1c(O)c(C(C)=O)cc(C2OCc3cnc(C)c(O)c32)c1O. The van der Waals surface area contributed by atoms with Crippen molar-refractivity contribution in [2.45, 2.75) is 38.9 Å². The number of hydrogen-bond acceptors (Lipinski definition) is 8. The van der Waals surface area contributed by atoms with Crippen LogP contribution in [0.4, 0.5) is 8.78 Å². The molecule has 36 heavy (non-hydrogen) atoms. The lowest BCUT2D eigenvalue weighted by atomic mass is 9.83. The quantitative estimate of drug-likeness (QED) is 0.339. The summed E-state index contributed by atoms with van der Waals surface area (Å²) in [7, 11) is 1.13. The second kappa shape index (κ2) is 9.54. The number of methoxy groups -OCH3 is 1. The van der Waals surface area contributed by atoms with Crippen molar-refractivity contribution in [3.05, 3.63) is 81.2 Å². The smallest absolute Gasteiger partial charge is 0.306 e. The summed E-state index contributed by atoms with van der Waals surface area (Å²) >= 11 is 0. The van der Waals surface area contributed by atoms with Crippen LogP contribution >= 0.6 is 0 Å². The van der Waals surface area contributed by atoms with Gasteiger partial charge in [0.2, 0.25) is 0 Å². The highest BCUT2D eigenvalue weighted by Gasteiger charge is 2.36. The van der Waals surface area contributed by atoms with Crippen LogP contribution in [0.25, 0.3) is 0 Å². The van der Waals surface area contributed by atoms with Gasteiger partial charge in [0, 0.05) is 34.4 Å². The van der Waals surface area contributed by atoms with E-state index in [2.05, 4.69) is 4.98 Å². The normalized spacial score (nSPS) is 15.4. The molecule has 10 heteroatoms. The molecule has 1 aromatic heterocycles. The third-order valence-electron chi connectivity index (χ3n) is 6.32. The van der Waals surface area contributed by atoms with E-state index < -0.39 is 53.3 Å². The van der Waals surface area contributed by atoms with Crippen LogP contribution in [-0.4, -0.2) is 39.2 Å². The van der Waals surface area contributed by atoms with Crippen LogP contribution in [0.3, 0.4) is 0 Å². The van der Waals surface area contributed by atoms with Crippen molar-refractivity contribution in [3.63, 3.8) is 0 Å². The first kappa shape index (κ1) is 25.1. The van der Waals surface area contributed by atoms with Crippen molar-refractivity contribution in [1.82, 2.24) is 4.98 Å². The Labute approximate surface area is 204 Å². The fourth-order valence-corrected chi connectivity index (χ4v) is 4.43. The van der Waals surface area contributed by atoms with Gasteiger partial charge >= 0.3 is 5.97 Å². The molecule has 0 bridgehead atoms. The number of fused-ring (bicyclic) bond motifs is 1. The minimum absolute atomic E-state index is 0.0325. The molecule has 3 aromatic rings. The maximum Gasteiger partial charge on any atom is 0.306 e. The zero-order chi connectivity index (χ0) is 26.3. The number of ether oxygens (including phenoxy) is 2. The van der Waals surface area contributed by atoms with E-state index >= 15 is 0 Å². The second-order valence-electron chi connectivity index (χ2n) is 8.51. The number of nitrogens with zero attached hydrogens (tertiary/aromatic N) is 1. The summed E-state index contributed by atoms with van der Waals surface area (Å²) in [6, 6.07) is 4.13. The minimum atomic E-state index is -1.22. The Bertz CT molecular complexity index is 1390. The van der Waals surface area contributed by atoms with E-state index in [0.717, 1.165) is 19.2 Å². The lowest BCUT2D eigenvalue weighted by Gasteiger charge is -2.24. The van der Waals surface area contributed by atoms with Crippen molar-refractivity contribution in [3.8, 4) is 17.2 Å². The number of hydrogen-bond donors (Lipinski definition) is 3. The molecule has 0 aliphatic carbocycles. The lowest BCUT2D eigenvalue weighted by Crippen LogP contribution is -2.14. The number of aromatic hydroxyl groups is 3. The number of ketones is 1. The molecule has 0 saturated heterocycles. The fourth-order valence-electron chi connectivity index (χ4n) is 4.43. The Morgan fingerprint density at radius 2 is 1.86 bits per heavy atom. The van der Waals surface area contributed by atoms with Crippen molar-refractivity contribution in [2.24, 2.45) is 0 Å². The first-order valence-corrected chi connectivity index (χ1v) is 10.9. The van der Waals surface area contributed by atoms with Crippen LogP contribution in [0, 0.1) is 18.6 Å². The third-order valence-corrected chi connectivity index (χ3v) is 6.32. The number of rotatable bonds is 6. The molecule has 3 N–H and O–H groups in total. The Kier molecular flexibility index (Phi) is 6.64. The number of carbonyl (C=O) groups excluding carboxylic acids is 2. The predicted molar refractivity (Wildman–Crippen MR) is 122 cm³/mol. The standard InChI is InChI=1S/C26H23F2NO7/c1-11-23(32)21-14(9-29-11)10-36-26(21)17-7-15(12(2)30)24(33)22(25(17)34)16(8-20(31)35-3)13-4-5-18(27)19(28)6-13/h4-7,9,16,26,32-34H,8,10H2,1-3H3. The molecule has 0 amide bonds. The summed E-state index contributed by atoms with van der Waals surface area (Å²) in [5.41, 5.74) is 0.834. The van der Waals surface area contributed by atoms with E-state index in [-0.39, 0.29) is 34.6 Å². The van der Waals surface area contributed by atoms with Gasteiger partial charge in [-0.15, -0.1) is 0 Å². The number of halogens is 2. The number of carbonyl (C=O) groups is 2. The predicted octanol–water partition coefficient (Wildman–Crippen LogP) is 4.30. The van der Waals surface area contributed by atoms with Gasteiger partial charge in [-0.25, -0.2) is 8.78 Å². The second-order valence-corrected chi connectivity index (χ2v) is 8.51. The molecular weight excluding hydrogens is 476 g/mol. The molecule has 2 unspecified atom stereocenters. The number of phenolic OH excluding ortho intramolecular Hbond substituents is 2. The van der Waals surface area contributed by atoms with Crippen molar-refractivity contribution >= 4 is 11.8 Å². The van der Waals surface area contributed by atoms with Crippen molar-refractivity contribution in [1.29, 1.82) is 0 Å². The fraction of sp³-hybridized carbons (Fsp3) is 0.269. The van der Waals surface area contributed by atoms with Crippen LogP contribution in [-0.2, 0) is 20.9 Å². The van der Waals surface area contributed by atoms with E-state index in [4.69, 9.17) is 9.47 Å². The first-order valence-electron chi connectivity index (χ1n) is 10.9. The molecule has 8 nitrogen and oxygen atoms in total. The summed E-state index contributed by atoms with van der Waals surface area (Å²) in [5.74, 6) is -6.20. The van der Waals surface area contributed by atoms with E-state index in [1.165, 1.54) is 25.3 Å². The van der Waals surface area contributed by atoms with Crippen molar-refractivity contribution < 1.29 is 43.2 Å². The monoisotopic (exact) mass is 499 g/mol. The molecule has 1 aliphatic heterocycles. The van der Waals surface area contributed by atoms with Gasteiger partial charge in [-0.1, -0.05) is 6.07 Å². The van der Waals surface area contributed by atoms with Gasteiger partial charge < -0.3 is 24.8 Å². The topological polar surface area (TPSA) is 126 Å². The van der Waals surface area contributed by atoms with E-state index in [9.17, 15) is 33.7 Å². The van der Waals surface area contributed by atoms with Crippen molar-refractivity contribution in [2.75, 3.05) is 7.11 Å². The Morgan fingerprint density at radius 3 is 2.50 bits per heavy atom. The van der Waals surface area contributed by atoms with Gasteiger partial charge in [-0.3, -0.25) is 14.6 Å². The molecule has 1 aliphatic rings. The highest BCUT2D eigenvalue weighted by Crippen LogP contribution is 2.50. The Morgan fingerprint density at radius 1 is 1.14 bits per heavy atom. The molecule has 188 valence electrons. The minimum Gasteiger partial charge on any atom is -0.507 e. The molecule has 0 fully saturated rings. The highest BCUT2D eigenvalue weighted by atomic mass is 19.2. The summed E-state index contributed by atoms with van der Waals surface area (Å²) in [6.07, 6.45) is 0.0125. The van der Waals surface area contributed by atoms with E-state index in [1.807, 2.05) is 0 Å². The van der Waals surface area contributed by atoms with Crippen LogP contribution in [0.2, 0.25) is 0 Å². The van der Waals surface area contributed by atoms with Gasteiger partial charge in [-0.05, 0) is 37.6 Å². The highest BCUT2D eigenvalue weighted by molar-refractivity contribution is 5.98. The van der Waals surface area contributed by atoms with Gasteiger partial charge in [0.1, 0.15) is 23.4 Å². The van der Waals surface area contributed by atoms with Gasteiger partial charge in [0.15, 0.2) is 17.4 Å². The summed E-state index contributed by atoms with van der Waals surface area (Å²) < 4.78 is 38.3. The van der Waals surface area contributed by atoms with Gasteiger partial charge in [-0.2, -0.15) is 0 Å². The number of benzene rings is 2. The molecule has 0 saturated carbocycles. The maximum absolute atomic E-state index is 14.1. The number of aryl methyl sites for hydroxylation is 1. The van der Waals surface area contributed by atoms with Crippen LogP contribution in [0.5, 0.6) is 17.2 Å². The zero-order valence-corrected chi connectivity index (χ0v) is 19.6. The molecule has 4 rings (SSSR count). The average Bonchev–Trinajstić information content (AvgIpc) is 3.27. The lowest BCUT2D eigenvalue weighted by molar-refractivity contribution is -0.140. The number of Topliss-reactive ketones (excluding diaryl/α,β-unsaturated/α-hetero) is 1. The van der Waals surface area contributed by atoms with E-state index in [0.29, 0.717) is 16.8 Å². The van der Waals surface area contributed by atoms with Crippen LogP contribution in [0.1, 0.15) is 69.2 Å². The van der Waals surface area contributed by atoms with Crippen LogP contribution < -0.4 is 0 Å². The van der Waals surface area contributed by atoms with Gasteiger partial charge in [0.25, 0.3) is 0 Å². The van der Waals surface area contributed by atoms with Gasteiger partial charge in [0.05, 0.1) is 31.4 Å². The summed E-state index contributed by atoms with van der Waals surface area (Å²) in [5, 5.41) is 33.1. The first-order chi connectivity index (χ1) is 17.0. The van der Waals surface area contributed by atoms with E-state index in [1.54, 1.807) is 6.92 Å². The third kappa shape index (κ3) is 4.24. The molecule has 2 aromatic carbocycles. The number of esters is 1. The largest absolute Gasteiger partial charge is 0.507 e. The zero-order valence-electron chi connectivity index (χ0n) is 19.6. The maximum atomic E-state index is 14.1. The number of phenols is 2. The number of pyridine rings is 1. The summed E-state index contributed by atoms with van der Waals surface area (Å²) in [6.45, 7) is 2.84.